The molecule has 3 aromatic carbocycles. The third-order valence-corrected chi connectivity index (χ3v) is 4.76. The van der Waals surface area contributed by atoms with Crippen molar-refractivity contribution in [1.82, 2.24) is 5.43 Å². The molecule has 4 rings (SSSR count). The van der Waals surface area contributed by atoms with Gasteiger partial charge in [0.2, 0.25) is 0 Å². The Morgan fingerprint density at radius 1 is 1.07 bits per heavy atom. The van der Waals surface area contributed by atoms with Gasteiger partial charge in [-0.1, -0.05) is 36.4 Å². The van der Waals surface area contributed by atoms with Gasteiger partial charge in [0.25, 0.3) is 11.8 Å². The second-order valence-corrected chi connectivity index (χ2v) is 6.85. The van der Waals surface area contributed by atoms with Gasteiger partial charge < -0.3 is 4.90 Å². The topological polar surface area (TPSA) is 65.0 Å². The zero-order valence-electron chi connectivity index (χ0n) is 15.7. The number of hydrogen-bond donors (Lipinski definition) is 1. The molecule has 0 unspecified atom stereocenters. The quantitative estimate of drug-likeness (QED) is 0.553. The minimum absolute atomic E-state index is 0.0798. The fourth-order valence-corrected chi connectivity index (χ4v) is 3.35. The van der Waals surface area contributed by atoms with Gasteiger partial charge in [-0.05, 0) is 35.2 Å². The Morgan fingerprint density at radius 3 is 2.50 bits per heavy atom. The van der Waals surface area contributed by atoms with Crippen LogP contribution in [0.4, 0.5) is 11.4 Å². The zero-order valence-corrected chi connectivity index (χ0v) is 15.7. The number of rotatable bonds is 5. The average molecular weight is 372 g/mol. The molecule has 6 nitrogen and oxygen atoms in total. The van der Waals surface area contributed by atoms with Crippen molar-refractivity contribution in [1.29, 1.82) is 0 Å². The summed E-state index contributed by atoms with van der Waals surface area (Å²) in [7, 11) is 3.95. The molecule has 28 heavy (non-hydrogen) atoms. The van der Waals surface area contributed by atoms with E-state index in [4.69, 9.17) is 0 Å². The molecule has 1 heterocycles. The zero-order chi connectivity index (χ0) is 19.7. The molecule has 0 bridgehead atoms. The molecule has 0 spiro atoms. The minimum atomic E-state index is -0.348. The van der Waals surface area contributed by atoms with Crippen LogP contribution in [0, 0.1) is 0 Å². The summed E-state index contributed by atoms with van der Waals surface area (Å²) in [6.45, 7) is -0.0798. The van der Waals surface area contributed by atoms with E-state index in [0.717, 1.165) is 27.7 Å². The number of amides is 2. The lowest BCUT2D eigenvalue weighted by molar-refractivity contribution is -0.119. The van der Waals surface area contributed by atoms with Crippen LogP contribution in [0.25, 0.3) is 10.8 Å². The maximum Gasteiger partial charge on any atom is 0.260 e. The van der Waals surface area contributed by atoms with Crippen LogP contribution in [0.2, 0.25) is 0 Å². The van der Waals surface area contributed by atoms with Crippen molar-refractivity contribution in [2.75, 3.05) is 30.4 Å². The number of hydrazone groups is 1. The number of nitrogens with one attached hydrogen (secondary N) is 1. The van der Waals surface area contributed by atoms with Crippen LogP contribution in [0.3, 0.4) is 0 Å². The van der Waals surface area contributed by atoms with Crippen LogP contribution in [0.5, 0.6) is 0 Å². The highest BCUT2D eigenvalue weighted by molar-refractivity contribution is 6.26. The average Bonchev–Trinajstić information content (AvgIpc) is 2.96. The van der Waals surface area contributed by atoms with Gasteiger partial charge in [0.1, 0.15) is 6.54 Å². The smallest absolute Gasteiger partial charge is 0.260 e. The number of carbonyl (C=O) groups is 2. The first-order valence-electron chi connectivity index (χ1n) is 8.97. The lowest BCUT2D eigenvalue weighted by atomic mass is 10.1. The monoisotopic (exact) mass is 372 g/mol. The Bertz CT molecular complexity index is 1080. The van der Waals surface area contributed by atoms with Gasteiger partial charge in [0.15, 0.2) is 0 Å². The van der Waals surface area contributed by atoms with Crippen molar-refractivity contribution in [3.8, 4) is 0 Å². The standard InChI is InChI=1S/C22H20N4O2/c1-25(2)17-11-9-15(10-12-17)13-23-24-20(27)14-26-19-8-4-6-16-5-3-7-18(21(16)19)22(26)28/h3-13H,14H2,1-2H3,(H,24,27)/b23-13-. The van der Waals surface area contributed by atoms with E-state index in [1.807, 2.05) is 73.6 Å². The van der Waals surface area contributed by atoms with Gasteiger partial charge in [-0.2, -0.15) is 5.10 Å². The van der Waals surface area contributed by atoms with Gasteiger partial charge in [0.05, 0.1) is 11.9 Å². The molecule has 0 saturated heterocycles. The lowest BCUT2D eigenvalue weighted by Gasteiger charge is -2.16. The highest BCUT2D eigenvalue weighted by atomic mass is 16.2. The van der Waals surface area contributed by atoms with Crippen molar-refractivity contribution >= 4 is 40.2 Å². The summed E-state index contributed by atoms with van der Waals surface area (Å²) in [6, 6.07) is 19.1. The van der Waals surface area contributed by atoms with Gasteiger partial charge in [0, 0.05) is 30.7 Å². The lowest BCUT2D eigenvalue weighted by Crippen LogP contribution is -2.37. The van der Waals surface area contributed by atoms with E-state index in [1.165, 1.54) is 4.90 Å². The molecule has 1 aliphatic rings. The van der Waals surface area contributed by atoms with Crippen LogP contribution in [-0.4, -0.2) is 38.7 Å². The maximum atomic E-state index is 12.7. The molecule has 0 atom stereocenters. The van der Waals surface area contributed by atoms with Crippen LogP contribution in [0.1, 0.15) is 15.9 Å². The Morgan fingerprint density at radius 2 is 1.79 bits per heavy atom. The van der Waals surface area contributed by atoms with Gasteiger partial charge in [-0.3, -0.25) is 14.5 Å². The van der Waals surface area contributed by atoms with E-state index in [0.29, 0.717) is 5.56 Å². The molecule has 0 fully saturated rings. The van der Waals surface area contributed by atoms with E-state index in [-0.39, 0.29) is 18.4 Å². The molecule has 2 amide bonds. The molecule has 0 aromatic heterocycles. The first-order chi connectivity index (χ1) is 13.5. The predicted molar refractivity (Wildman–Crippen MR) is 112 cm³/mol. The van der Waals surface area contributed by atoms with Crippen molar-refractivity contribution < 1.29 is 9.59 Å². The normalized spacial score (nSPS) is 12.8. The Kier molecular flexibility index (Phi) is 4.53. The summed E-state index contributed by atoms with van der Waals surface area (Å²) in [5, 5.41) is 5.89. The summed E-state index contributed by atoms with van der Waals surface area (Å²) in [4.78, 5) is 28.5. The highest BCUT2D eigenvalue weighted by Gasteiger charge is 2.30. The number of hydrogen-bond acceptors (Lipinski definition) is 4. The third kappa shape index (κ3) is 3.20. The minimum Gasteiger partial charge on any atom is -0.378 e. The molecule has 0 radical (unpaired) electrons. The Balaban J connectivity index is 1.43. The summed E-state index contributed by atoms with van der Waals surface area (Å²) in [5.41, 5.74) is 5.85. The first kappa shape index (κ1) is 17.7. The molecular weight excluding hydrogens is 352 g/mol. The fraction of sp³-hybridized carbons (Fsp3) is 0.136. The van der Waals surface area contributed by atoms with E-state index in [2.05, 4.69) is 10.5 Å². The van der Waals surface area contributed by atoms with E-state index in [1.54, 1.807) is 12.3 Å². The maximum absolute atomic E-state index is 12.7. The van der Waals surface area contributed by atoms with Crippen molar-refractivity contribution in [3.63, 3.8) is 0 Å². The largest absolute Gasteiger partial charge is 0.378 e. The van der Waals surface area contributed by atoms with Crippen molar-refractivity contribution in [2.24, 2.45) is 5.10 Å². The number of nitrogens with zero attached hydrogens (tertiary/aromatic N) is 3. The van der Waals surface area contributed by atoms with E-state index >= 15 is 0 Å². The van der Waals surface area contributed by atoms with Crippen LogP contribution in [-0.2, 0) is 4.79 Å². The molecule has 0 saturated carbocycles. The van der Waals surface area contributed by atoms with Crippen LogP contribution >= 0.6 is 0 Å². The van der Waals surface area contributed by atoms with E-state index in [9.17, 15) is 9.59 Å². The third-order valence-electron chi connectivity index (χ3n) is 4.76. The first-order valence-corrected chi connectivity index (χ1v) is 8.97. The Hall–Kier alpha value is -3.67. The molecule has 1 aliphatic heterocycles. The number of carbonyl (C=O) groups excluding carboxylic acids is 2. The number of anilines is 2. The fourth-order valence-electron chi connectivity index (χ4n) is 3.35. The predicted octanol–water partition coefficient (Wildman–Crippen LogP) is 3.02. The van der Waals surface area contributed by atoms with Crippen LogP contribution in [0.15, 0.2) is 65.8 Å². The summed E-state index contributed by atoms with van der Waals surface area (Å²) in [6.07, 6.45) is 1.58. The highest BCUT2D eigenvalue weighted by Crippen LogP contribution is 2.36. The molecule has 6 heteroatoms. The summed E-state index contributed by atoms with van der Waals surface area (Å²) in [5.74, 6) is -0.510. The number of benzene rings is 3. The Labute approximate surface area is 163 Å². The van der Waals surface area contributed by atoms with Crippen LogP contribution < -0.4 is 15.2 Å². The SMILES string of the molecule is CN(C)c1ccc(/C=N\NC(=O)CN2C(=O)c3cccc4cccc2c34)cc1. The summed E-state index contributed by atoms with van der Waals surface area (Å²) >= 11 is 0. The van der Waals surface area contributed by atoms with E-state index < -0.39 is 0 Å². The van der Waals surface area contributed by atoms with Crippen molar-refractivity contribution in [3.05, 3.63) is 71.8 Å². The molecule has 0 aliphatic carbocycles. The van der Waals surface area contributed by atoms with Crippen molar-refractivity contribution in [2.45, 2.75) is 0 Å². The van der Waals surface area contributed by atoms with Gasteiger partial charge in [-0.15, -0.1) is 0 Å². The molecular formula is C22H20N4O2. The second-order valence-electron chi connectivity index (χ2n) is 6.85. The molecule has 3 aromatic rings. The molecule has 1 N–H and O–H groups in total. The van der Waals surface area contributed by atoms with Gasteiger partial charge >= 0.3 is 0 Å². The molecule has 140 valence electrons. The summed E-state index contributed by atoms with van der Waals surface area (Å²) < 4.78 is 0. The van der Waals surface area contributed by atoms with Gasteiger partial charge in [-0.25, -0.2) is 5.43 Å². The second kappa shape index (κ2) is 7.15.